The molecule has 5 heteroatoms. The number of nitrogens with zero attached hydrogens (tertiary/aromatic N) is 2. The summed E-state index contributed by atoms with van der Waals surface area (Å²) < 4.78 is 0. The quantitative estimate of drug-likeness (QED) is 0.447. The van der Waals surface area contributed by atoms with Gasteiger partial charge < -0.3 is 4.90 Å². The van der Waals surface area contributed by atoms with Gasteiger partial charge in [0.15, 0.2) is 0 Å². The first-order chi connectivity index (χ1) is 11.1. The van der Waals surface area contributed by atoms with Gasteiger partial charge in [0.1, 0.15) is 0 Å². The van der Waals surface area contributed by atoms with Crippen molar-refractivity contribution in [3.8, 4) is 12.3 Å². The summed E-state index contributed by atoms with van der Waals surface area (Å²) in [4.78, 5) is 13.6. The lowest BCUT2D eigenvalue weighted by atomic mass is 10.1. The van der Waals surface area contributed by atoms with E-state index < -0.39 is 0 Å². The van der Waals surface area contributed by atoms with Crippen molar-refractivity contribution in [1.29, 1.82) is 0 Å². The Morgan fingerprint density at radius 1 is 1.26 bits per heavy atom. The third-order valence-corrected chi connectivity index (χ3v) is 4.51. The molecule has 0 atom stereocenters. The molecule has 2 aromatic rings. The maximum Gasteiger partial charge on any atom is 0.324 e. The van der Waals surface area contributed by atoms with E-state index in [4.69, 9.17) is 6.42 Å². The van der Waals surface area contributed by atoms with Gasteiger partial charge in [-0.3, -0.25) is 10.1 Å². The van der Waals surface area contributed by atoms with Gasteiger partial charge in [0.2, 0.25) is 0 Å². The molecule has 23 heavy (non-hydrogen) atoms. The Kier molecular flexibility index (Phi) is 5.56. The molecule has 0 fully saturated rings. The van der Waals surface area contributed by atoms with Crippen LogP contribution in [0.3, 0.4) is 0 Å². The van der Waals surface area contributed by atoms with Crippen molar-refractivity contribution in [2.75, 3.05) is 13.1 Å². The molecular formula is C18H18N2O2S. The number of hydrogen-bond donors (Lipinski definition) is 0. The highest BCUT2D eigenvalue weighted by atomic mass is 32.1. The van der Waals surface area contributed by atoms with Crippen LogP contribution in [0.1, 0.15) is 29.9 Å². The summed E-state index contributed by atoms with van der Waals surface area (Å²) in [5.74, 6) is 2.61. The Labute approximate surface area is 140 Å². The minimum atomic E-state index is -0.360. The zero-order valence-corrected chi connectivity index (χ0v) is 14.0. The van der Waals surface area contributed by atoms with Gasteiger partial charge in [-0.15, -0.1) is 6.42 Å². The Hall–Kier alpha value is -2.58. The van der Waals surface area contributed by atoms with E-state index in [1.54, 1.807) is 6.07 Å². The lowest BCUT2D eigenvalue weighted by Crippen LogP contribution is -2.21. The van der Waals surface area contributed by atoms with Crippen LogP contribution >= 0.6 is 11.3 Å². The second-order valence-electron chi connectivity index (χ2n) is 4.86. The highest BCUT2D eigenvalue weighted by Crippen LogP contribution is 2.29. The second kappa shape index (κ2) is 7.61. The number of hydrogen-bond acceptors (Lipinski definition) is 4. The van der Waals surface area contributed by atoms with E-state index in [1.165, 1.54) is 17.4 Å². The highest BCUT2D eigenvalue weighted by Gasteiger charge is 2.12. The molecule has 0 spiro atoms. The number of benzene rings is 1. The molecule has 0 bridgehead atoms. The number of terminal acetylenes is 1. The Balaban J connectivity index is 2.45. The Bertz CT molecular complexity index is 750. The summed E-state index contributed by atoms with van der Waals surface area (Å²) in [6, 6.07) is 11.1. The molecule has 0 saturated heterocycles. The molecule has 0 unspecified atom stereocenters. The minimum absolute atomic E-state index is 0.151. The zero-order chi connectivity index (χ0) is 16.8. The molecule has 0 aliphatic carbocycles. The molecule has 0 amide bonds. The summed E-state index contributed by atoms with van der Waals surface area (Å²) in [5.41, 5.74) is 2.92. The summed E-state index contributed by atoms with van der Waals surface area (Å²) in [7, 11) is 0. The third kappa shape index (κ3) is 3.99. The fraction of sp³-hybridized carbons (Fsp3) is 0.222. The largest absolute Gasteiger partial charge is 0.372 e. The average molecular weight is 326 g/mol. The predicted octanol–water partition coefficient (Wildman–Crippen LogP) is 4.48. The first kappa shape index (κ1) is 16.8. The fourth-order valence-electron chi connectivity index (χ4n) is 2.31. The molecule has 0 aliphatic heterocycles. The Morgan fingerprint density at radius 2 is 1.91 bits per heavy atom. The number of thiophene rings is 1. The van der Waals surface area contributed by atoms with E-state index in [9.17, 15) is 10.1 Å². The van der Waals surface area contributed by atoms with Crippen molar-refractivity contribution in [1.82, 2.24) is 4.90 Å². The van der Waals surface area contributed by atoms with Gasteiger partial charge in [0.25, 0.3) is 0 Å². The second-order valence-corrected chi connectivity index (χ2v) is 5.95. The van der Waals surface area contributed by atoms with E-state index >= 15 is 0 Å². The standard InChI is InChI=1S/C18H18N2O2S/c1-4-14-7-9-15(10-8-14)17(19(5-2)6-3)13-16-11-12-18(23-16)20(21)22/h1,7-13H,5-6H2,2-3H3/b17-13+. The minimum Gasteiger partial charge on any atom is -0.372 e. The lowest BCUT2D eigenvalue weighted by molar-refractivity contribution is -0.380. The summed E-state index contributed by atoms with van der Waals surface area (Å²) in [6.07, 6.45) is 7.40. The van der Waals surface area contributed by atoms with Gasteiger partial charge in [-0.1, -0.05) is 29.4 Å². The van der Waals surface area contributed by atoms with E-state index in [-0.39, 0.29) is 9.92 Å². The molecule has 118 valence electrons. The van der Waals surface area contributed by atoms with Gasteiger partial charge in [-0.25, -0.2) is 0 Å². The molecule has 1 aromatic carbocycles. The molecule has 1 aromatic heterocycles. The van der Waals surface area contributed by atoms with Crippen LogP contribution in [-0.4, -0.2) is 22.9 Å². The first-order valence-corrected chi connectivity index (χ1v) is 8.18. The predicted molar refractivity (Wildman–Crippen MR) is 96.1 cm³/mol. The maximum absolute atomic E-state index is 10.9. The lowest BCUT2D eigenvalue weighted by Gasteiger charge is -2.25. The molecular weight excluding hydrogens is 308 g/mol. The highest BCUT2D eigenvalue weighted by molar-refractivity contribution is 7.16. The van der Waals surface area contributed by atoms with Crippen molar-refractivity contribution < 1.29 is 4.92 Å². The molecule has 0 radical (unpaired) electrons. The molecule has 2 rings (SSSR count). The van der Waals surface area contributed by atoms with Gasteiger partial charge in [0, 0.05) is 35.3 Å². The molecule has 4 nitrogen and oxygen atoms in total. The van der Waals surface area contributed by atoms with Crippen LogP contribution in [0.2, 0.25) is 0 Å². The van der Waals surface area contributed by atoms with Gasteiger partial charge in [-0.05, 0) is 43.7 Å². The third-order valence-electron chi connectivity index (χ3n) is 3.52. The van der Waals surface area contributed by atoms with Crippen LogP contribution in [0, 0.1) is 22.5 Å². The van der Waals surface area contributed by atoms with Crippen molar-refractivity contribution in [3.63, 3.8) is 0 Å². The molecule has 1 heterocycles. The maximum atomic E-state index is 10.9. The Morgan fingerprint density at radius 3 is 2.39 bits per heavy atom. The SMILES string of the molecule is C#Cc1ccc(/C(=C\c2ccc([N+](=O)[O-])s2)N(CC)CC)cc1. The van der Waals surface area contributed by atoms with Gasteiger partial charge >= 0.3 is 5.00 Å². The van der Waals surface area contributed by atoms with Crippen LogP contribution in [0.25, 0.3) is 11.8 Å². The van der Waals surface area contributed by atoms with Crippen molar-refractivity contribution in [3.05, 3.63) is 62.5 Å². The molecule has 0 saturated carbocycles. The number of nitro groups is 1. The van der Waals surface area contributed by atoms with E-state index in [1.807, 2.05) is 30.3 Å². The van der Waals surface area contributed by atoms with E-state index in [0.717, 1.165) is 34.8 Å². The summed E-state index contributed by atoms with van der Waals surface area (Å²) in [6.45, 7) is 5.88. The number of rotatable bonds is 6. The van der Waals surface area contributed by atoms with Crippen molar-refractivity contribution in [2.24, 2.45) is 0 Å². The van der Waals surface area contributed by atoms with Crippen LogP contribution < -0.4 is 0 Å². The van der Waals surface area contributed by atoms with Crippen LogP contribution in [0.4, 0.5) is 5.00 Å². The summed E-state index contributed by atoms with van der Waals surface area (Å²) >= 11 is 1.18. The van der Waals surface area contributed by atoms with Gasteiger partial charge in [0.05, 0.1) is 4.92 Å². The van der Waals surface area contributed by atoms with Crippen molar-refractivity contribution >= 4 is 28.1 Å². The summed E-state index contributed by atoms with van der Waals surface area (Å²) in [5, 5.41) is 11.0. The van der Waals surface area contributed by atoms with Crippen molar-refractivity contribution in [2.45, 2.75) is 13.8 Å². The average Bonchev–Trinajstić information content (AvgIpc) is 3.04. The molecule has 0 aliphatic rings. The van der Waals surface area contributed by atoms with Crippen LogP contribution in [0.5, 0.6) is 0 Å². The normalized spacial score (nSPS) is 11.1. The van der Waals surface area contributed by atoms with Gasteiger partial charge in [-0.2, -0.15) is 0 Å². The zero-order valence-electron chi connectivity index (χ0n) is 13.2. The van der Waals surface area contributed by atoms with Crippen LogP contribution in [-0.2, 0) is 0 Å². The first-order valence-electron chi connectivity index (χ1n) is 7.37. The smallest absolute Gasteiger partial charge is 0.324 e. The topological polar surface area (TPSA) is 46.4 Å². The molecule has 0 N–H and O–H groups in total. The monoisotopic (exact) mass is 326 g/mol. The van der Waals surface area contributed by atoms with E-state index in [0.29, 0.717) is 0 Å². The van der Waals surface area contributed by atoms with E-state index in [2.05, 4.69) is 24.7 Å². The van der Waals surface area contributed by atoms with Crippen LogP contribution in [0.15, 0.2) is 36.4 Å². The fourth-order valence-corrected chi connectivity index (χ4v) is 3.07.